The minimum Gasteiger partial charge on any atom is -0.388 e. The van der Waals surface area contributed by atoms with E-state index in [1.165, 1.54) is 0 Å². The lowest BCUT2D eigenvalue weighted by atomic mass is 10.2. The molecule has 0 aromatic carbocycles. The predicted molar refractivity (Wildman–Crippen MR) is 80.5 cm³/mol. The van der Waals surface area contributed by atoms with Gasteiger partial charge in [0.05, 0.1) is 13.2 Å². The minimum absolute atomic E-state index is 0.0304. The number of rotatable bonds is 3. The van der Waals surface area contributed by atoms with Gasteiger partial charge in [-0.05, 0) is 18.6 Å². The van der Waals surface area contributed by atoms with E-state index in [1.54, 1.807) is 6.20 Å². The van der Waals surface area contributed by atoms with Gasteiger partial charge in [0.25, 0.3) is 5.91 Å². The van der Waals surface area contributed by atoms with Gasteiger partial charge in [-0.25, -0.2) is 0 Å². The van der Waals surface area contributed by atoms with Crippen LogP contribution in [0.15, 0.2) is 18.3 Å². The average molecular weight is 290 g/mol. The molecule has 0 bridgehead atoms. The molecule has 6 nitrogen and oxygen atoms in total. The van der Waals surface area contributed by atoms with Crippen molar-refractivity contribution in [1.29, 1.82) is 0 Å². The van der Waals surface area contributed by atoms with Crippen LogP contribution in [0.3, 0.4) is 0 Å². The Bertz CT molecular complexity index is 502. The van der Waals surface area contributed by atoms with Crippen LogP contribution in [-0.2, 0) is 4.74 Å². The highest BCUT2D eigenvalue weighted by Gasteiger charge is 2.31. The van der Waals surface area contributed by atoms with Crippen molar-refractivity contribution < 1.29 is 9.53 Å². The number of hydrogen-bond donors (Lipinski definition) is 1. The highest BCUT2D eigenvalue weighted by molar-refractivity contribution is 5.93. The van der Waals surface area contributed by atoms with E-state index in [4.69, 9.17) is 4.74 Å². The standard InChI is InChI=1S/C15H22N4O2/c1-16-12-2-4-17-14(10-12)15(20)19-5-3-13(11-19)18-6-8-21-9-7-18/h2,4,10,13H,3,5-9,11H2,1H3,(H,16,17). The number of aromatic nitrogens is 1. The fraction of sp³-hybridized carbons (Fsp3) is 0.600. The molecule has 6 heteroatoms. The lowest BCUT2D eigenvalue weighted by Gasteiger charge is -2.32. The number of likely N-dealkylation sites (tertiary alicyclic amines) is 1. The van der Waals surface area contributed by atoms with E-state index in [1.807, 2.05) is 24.1 Å². The van der Waals surface area contributed by atoms with Crippen LogP contribution in [0.2, 0.25) is 0 Å². The van der Waals surface area contributed by atoms with Gasteiger partial charge in [-0.1, -0.05) is 0 Å². The highest BCUT2D eigenvalue weighted by Crippen LogP contribution is 2.19. The first-order chi connectivity index (χ1) is 10.3. The molecule has 3 heterocycles. The van der Waals surface area contributed by atoms with E-state index in [0.29, 0.717) is 11.7 Å². The summed E-state index contributed by atoms with van der Waals surface area (Å²) in [5.41, 5.74) is 1.43. The zero-order valence-electron chi connectivity index (χ0n) is 12.4. The summed E-state index contributed by atoms with van der Waals surface area (Å²) < 4.78 is 5.39. The number of anilines is 1. The van der Waals surface area contributed by atoms with Crippen LogP contribution in [0.25, 0.3) is 0 Å². The average Bonchev–Trinajstić information content (AvgIpc) is 3.05. The van der Waals surface area contributed by atoms with Gasteiger partial charge in [0.15, 0.2) is 0 Å². The molecule has 0 radical (unpaired) electrons. The van der Waals surface area contributed by atoms with Gasteiger partial charge in [0.2, 0.25) is 0 Å². The molecule has 2 aliphatic rings. The van der Waals surface area contributed by atoms with Crippen molar-refractivity contribution in [1.82, 2.24) is 14.8 Å². The molecular formula is C15H22N4O2. The van der Waals surface area contributed by atoms with Crippen LogP contribution >= 0.6 is 0 Å². The SMILES string of the molecule is CNc1ccnc(C(=O)N2CCC(N3CCOCC3)C2)c1. The number of ether oxygens (including phenoxy) is 1. The Morgan fingerprint density at radius 3 is 2.95 bits per heavy atom. The first kappa shape index (κ1) is 14.3. The van der Waals surface area contributed by atoms with Crippen LogP contribution in [0.1, 0.15) is 16.9 Å². The molecule has 0 saturated carbocycles. The number of nitrogens with zero attached hydrogens (tertiary/aromatic N) is 3. The molecule has 114 valence electrons. The number of nitrogens with one attached hydrogen (secondary N) is 1. The first-order valence-corrected chi connectivity index (χ1v) is 7.53. The zero-order valence-corrected chi connectivity index (χ0v) is 12.4. The molecule has 21 heavy (non-hydrogen) atoms. The number of hydrogen-bond acceptors (Lipinski definition) is 5. The third-order valence-corrected chi connectivity index (χ3v) is 4.28. The summed E-state index contributed by atoms with van der Waals surface area (Å²) in [5.74, 6) is 0.0304. The van der Waals surface area contributed by atoms with E-state index in [-0.39, 0.29) is 5.91 Å². The smallest absolute Gasteiger partial charge is 0.272 e. The van der Waals surface area contributed by atoms with Crippen LogP contribution in [-0.4, -0.2) is 73.2 Å². The molecule has 1 amide bonds. The van der Waals surface area contributed by atoms with Crippen LogP contribution < -0.4 is 5.32 Å². The highest BCUT2D eigenvalue weighted by atomic mass is 16.5. The second-order valence-corrected chi connectivity index (χ2v) is 5.52. The van der Waals surface area contributed by atoms with Gasteiger partial charge in [0, 0.05) is 51.2 Å². The minimum atomic E-state index is 0.0304. The fourth-order valence-corrected chi connectivity index (χ4v) is 3.03. The van der Waals surface area contributed by atoms with Crippen molar-refractivity contribution in [2.24, 2.45) is 0 Å². The van der Waals surface area contributed by atoms with Gasteiger partial charge in [-0.15, -0.1) is 0 Å². The first-order valence-electron chi connectivity index (χ1n) is 7.53. The number of morpholine rings is 1. The fourth-order valence-electron chi connectivity index (χ4n) is 3.03. The molecule has 1 unspecified atom stereocenters. The van der Waals surface area contributed by atoms with E-state index in [0.717, 1.165) is 51.5 Å². The topological polar surface area (TPSA) is 57.7 Å². The van der Waals surface area contributed by atoms with Gasteiger partial charge >= 0.3 is 0 Å². The third kappa shape index (κ3) is 3.16. The second kappa shape index (κ2) is 6.41. The largest absolute Gasteiger partial charge is 0.388 e. The molecule has 1 atom stereocenters. The summed E-state index contributed by atoms with van der Waals surface area (Å²) in [5, 5.41) is 3.04. The Hall–Kier alpha value is -1.66. The van der Waals surface area contributed by atoms with Crippen molar-refractivity contribution in [3.8, 4) is 0 Å². The van der Waals surface area contributed by atoms with Crippen LogP contribution in [0, 0.1) is 0 Å². The maximum Gasteiger partial charge on any atom is 0.272 e. The van der Waals surface area contributed by atoms with Gasteiger partial charge in [-0.2, -0.15) is 0 Å². The molecule has 1 aromatic rings. The van der Waals surface area contributed by atoms with Crippen molar-refractivity contribution in [3.63, 3.8) is 0 Å². The van der Waals surface area contributed by atoms with Crippen LogP contribution in [0.5, 0.6) is 0 Å². The summed E-state index contributed by atoms with van der Waals surface area (Å²) in [4.78, 5) is 21.1. The maximum atomic E-state index is 12.5. The summed E-state index contributed by atoms with van der Waals surface area (Å²) in [6.07, 6.45) is 2.71. The molecule has 2 saturated heterocycles. The van der Waals surface area contributed by atoms with Crippen LogP contribution in [0.4, 0.5) is 5.69 Å². The number of carbonyl (C=O) groups is 1. The van der Waals surface area contributed by atoms with Crippen molar-refractivity contribution in [2.75, 3.05) is 51.8 Å². The summed E-state index contributed by atoms with van der Waals surface area (Å²) >= 11 is 0. The molecular weight excluding hydrogens is 268 g/mol. The van der Waals surface area contributed by atoms with Crippen molar-refractivity contribution in [3.05, 3.63) is 24.0 Å². The second-order valence-electron chi connectivity index (χ2n) is 5.52. The molecule has 0 spiro atoms. The molecule has 1 N–H and O–H groups in total. The van der Waals surface area contributed by atoms with E-state index in [9.17, 15) is 4.79 Å². The Balaban J connectivity index is 1.63. The molecule has 3 rings (SSSR count). The molecule has 1 aromatic heterocycles. The number of pyridine rings is 1. The quantitative estimate of drug-likeness (QED) is 0.887. The van der Waals surface area contributed by atoms with Gasteiger partial charge in [0.1, 0.15) is 5.69 Å². The Morgan fingerprint density at radius 1 is 1.38 bits per heavy atom. The molecule has 2 fully saturated rings. The predicted octanol–water partition coefficient (Wildman–Crippen LogP) is 0.670. The maximum absolute atomic E-state index is 12.5. The molecule has 0 aliphatic carbocycles. The summed E-state index contributed by atoms with van der Waals surface area (Å²) in [6.45, 7) is 5.16. The third-order valence-electron chi connectivity index (χ3n) is 4.28. The van der Waals surface area contributed by atoms with E-state index < -0.39 is 0 Å². The summed E-state index contributed by atoms with van der Waals surface area (Å²) in [7, 11) is 1.84. The Labute approximate surface area is 125 Å². The number of amides is 1. The van der Waals surface area contributed by atoms with Gasteiger partial charge < -0.3 is 15.0 Å². The number of carbonyl (C=O) groups excluding carboxylic acids is 1. The lowest BCUT2D eigenvalue weighted by Crippen LogP contribution is -2.45. The van der Waals surface area contributed by atoms with E-state index >= 15 is 0 Å². The monoisotopic (exact) mass is 290 g/mol. The van der Waals surface area contributed by atoms with Crippen molar-refractivity contribution >= 4 is 11.6 Å². The van der Waals surface area contributed by atoms with E-state index in [2.05, 4.69) is 15.2 Å². The zero-order chi connectivity index (χ0) is 14.7. The summed E-state index contributed by atoms with van der Waals surface area (Å²) in [6, 6.07) is 4.13. The molecule has 2 aliphatic heterocycles. The Kier molecular flexibility index (Phi) is 4.36. The van der Waals surface area contributed by atoms with Gasteiger partial charge in [-0.3, -0.25) is 14.7 Å². The lowest BCUT2D eigenvalue weighted by molar-refractivity contribution is 0.0185. The van der Waals surface area contributed by atoms with Crippen molar-refractivity contribution in [2.45, 2.75) is 12.5 Å². The normalized spacial score (nSPS) is 23.3. The Morgan fingerprint density at radius 2 is 2.19 bits per heavy atom.